The number of alkyl halides is 2. The molecule has 1 aliphatic carbocycles. The van der Waals surface area contributed by atoms with Crippen molar-refractivity contribution in [3.8, 4) is 0 Å². The predicted molar refractivity (Wildman–Crippen MR) is 72.2 cm³/mol. The van der Waals surface area contributed by atoms with Crippen LogP contribution >= 0.6 is 15.9 Å². The van der Waals surface area contributed by atoms with Crippen molar-refractivity contribution in [1.82, 2.24) is 9.78 Å². The van der Waals surface area contributed by atoms with Gasteiger partial charge in [0.25, 0.3) is 0 Å². The van der Waals surface area contributed by atoms with Gasteiger partial charge in [-0.2, -0.15) is 5.10 Å². The number of nitrogens with zero attached hydrogens (tertiary/aromatic N) is 2. The summed E-state index contributed by atoms with van der Waals surface area (Å²) in [5, 5.41) is 14.7. The van der Waals surface area contributed by atoms with E-state index in [0.29, 0.717) is 18.5 Å². The fraction of sp³-hybridized carbons (Fsp3) is 0.769. The molecule has 1 unspecified atom stereocenters. The third-order valence-corrected chi connectivity index (χ3v) is 4.38. The van der Waals surface area contributed by atoms with E-state index in [-0.39, 0.29) is 24.8 Å². The Bertz CT molecular complexity index is 438. The van der Waals surface area contributed by atoms with Crippen LogP contribution in [0.2, 0.25) is 0 Å². The van der Waals surface area contributed by atoms with Crippen LogP contribution in [0.5, 0.6) is 0 Å². The monoisotopic (exact) mass is 336 g/mol. The highest BCUT2D eigenvalue weighted by Gasteiger charge is 2.38. The lowest BCUT2D eigenvalue weighted by atomic mass is 9.82. The van der Waals surface area contributed by atoms with Gasteiger partial charge in [-0.25, -0.2) is 8.78 Å². The molecular weight excluding hydrogens is 318 g/mol. The molecule has 6 heteroatoms. The molecule has 1 fully saturated rings. The van der Waals surface area contributed by atoms with E-state index in [1.54, 1.807) is 10.9 Å². The summed E-state index contributed by atoms with van der Waals surface area (Å²) in [7, 11) is 0. The predicted octanol–water partition coefficient (Wildman–Crippen LogP) is 4.09. The van der Waals surface area contributed by atoms with E-state index in [1.807, 2.05) is 13.8 Å². The summed E-state index contributed by atoms with van der Waals surface area (Å²) < 4.78 is 28.8. The van der Waals surface area contributed by atoms with Crippen molar-refractivity contribution in [2.45, 2.75) is 57.6 Å². The number of aliphatic hydroxyl groups excluding tert-OH is 1. The van der Waals surface area contributed by atoms with Gasteiger partial charge >= 0.3 is 0 Å². The minimum Gasteiger partial charge on any atom is -0.386 e. The van der Waals surface area contributed by atoms with E-state index < -0.39 is 12.0 Å². The SMILES string of the molecule is CC(C)n1ncc(Br)c1C(O)C1CCC(F)(F)CC1. The Morgan fingerprint density at radius 3 is 2.53 bits per heavy atom. The van der Waals surface area contributed by atoms with Gasteiger partial charge < -0.3 is 5.11 Å². The van der Waals surface area contributed by atoms with Crippen molar-refractivity contribution in [1.29, 1.82) is 0 Å². The van der Waals surface area contributed by atoms with E-state index >= 15 is 0 Å². The van der Waals surface area contributed by atoms with Crippen LogP contribution in [-0.4, -0.2) is 20.8 Å². The van der Waals surface area contributed by atoms with Crippen molar-refractivity contribution in [3.05, 3.63) is 16.4 Å². The Morgan fingerprint density at radius 1 is 1.42 bits per heavy atom. The van der Waals surface area contributed by atoms with Crippen LogP contribution in [0.25, 0.3) is 0 Å². The Balaban J connectivity index is 2.16. The second kappa shape index (κ2) is 5.48. The average Bonchev–Trinajstić information content (AvgIpc) is 2.70. The lowest BCUT2D eigenvalue weighted by Gasteiger charge is -2.32. The highest BCUT2D eigenvalue weighted by molar-refractivity contribution is 9.10. The summed E-state index contributed by atoms with van der Waals surface area (Å²) in [6, 6.07) is 0.126. The fourth-order valence-corrected chi connectivity index (χ4v) is 3.15. The van der Waals surface area contributed by atoms with Crippen LogP contribution in [0.1, 0.15) is 57.4 Å². The number of aromatic nitrogens is 2. The minimum atomic E-state index is -2.56. The molecule has 0 saturated heterocycles. The number of rotatable bonds is 3. The first-order valence-electron chi connectivity index (χ1n) is 6.60. The van der Waals surface area contributed by atoms with Crippen molar-refractivity contribution in [3.63, 3.8) is 0 Å². The standard InChI is InChI=1S/C13H19BrF2N2O/c1-8(2)18-11(10(14)7-17-18)12(19)9-3-5-13(15,16)6-4-9/h7-9,12,19H,3-6H2,1-2H3. The normalized spacial score (nSPS) is 21.8. The third-order valence-electron chi connectivity index (χ3n) is 3.76. The van der Waals surface area contributed by atoms with Gasteiger partial charge in [0.05, 0.1) is 22.5 Å². The van der Waals surface area contributed by atoms with Gasteiger partial charge in [-0.3, -0.25) is 4.68 Å². The van der Waals surface area contributed by atoms with Crippen LogP contribution in [0.15, 0.2) is 10.7 Å². The highest BCUT2D eigenvalue weighted by Crippen LogP contribution is 2.42. The lowest BCUT2D eigenvalue weighted by molar-refractivity contribution is -0.0638. The van der Waals surface area contributed by atoms with Crippen molar-refractivity contribution < 1.29 is 13.9 Å². The van der Waals surface area contributed by atoms with Crippen molar-refractivity contribution in [2.24, 2.45) is 5.92 Å². The maximum absolute atomic E-state index is 13.2. The van der Waals surface area contributed by atoms with E-state index in [9.17, 15) is 13.9 Å². The zero-order valence-corrected chi connectivity index (χ0v) is 12.7. The molecule has 1 N–H and O–H groups in total. The number of aliphatic hydroxyl groups is 1. The van der Waals surface area contributed by atoms with E-state index in [1.165, 1.54) is 0 Å². The third kappa shape index (κ3) is 3.16. The maximum Gasteiger partial charge on any atom is 0.248 e. The minimum absolute atomic E-state index is 0.120. The molecule has 0 amide bonds. The highest BCUT2D eigenvalue weighted by atomic mass is 79.9. The quantitative estimate of drug-likeness (QED) is 0.902. The first kappa shape index (κ1) is 14.9. The molecule has 2 rings (SSSR count). The number of hydrogen-bond donors (Lipinski definition) is 1. The van der Waals surface area contributed by atoms with Gasteiger partial charge in [0.15, 0.2) is 0 Å². The summed E-state index contributed by atoms with van der Waals surface area (Å²) in [5.41, 5.74) is 0.699. The summed E-state index contributed by atoms with van der Waals surface area (Å²) in [6.45, 7) is 3.95. The van der Waals surface area contributed by atoms with E-state index in [4.69, 9.17) is 0 Å². The first-order valence-corrected chi connectivity index (χ1v) is 7.40. The van der Waals surface area contributed by atoms with Gasteiger partial charge in [0.1, 0.15) is 0 Å². The Hall–Kier alpha value is -0.490. The summed E-state index contributed by atoms with van der Waals surface area (Å²) >= 11 is 3.38. The number of halogens is 3. The lowest BCUT2D eigenvalue weighted by Crippen LogP contribution is -2.29. The first-order chi connectivity index (χ1) is 8.82. The van der Waals surface area contributed by atoms with Crippen LogP contribution in [0.4, 0.5) is 8.78 Å². The summed E-state index contributed by atoms with van der Waals surface area (Å²) in [4.78, 5) is 0. The van der Waals surface area contributed by atoms with Crippen LogP contribution in [0, 0.1) is 5.92 Å². The molecule has 1 aliphatic rings. The molecule has 108 valence electrons. The number of hydrogen-bond acceptors (Lipinski definition) is 2. The van der Waals surface area contributed by atoms with Crippen LogP contribution < -0.4 is 0 Å². The molecule has 0 aromatic carbocycles. The maximum atomic E-state index is 13.2. The Labute approximate surface area is 120 Å². The van der Waals surface area contributed by atoms with Gasteiger partial charge in [-0.05, 0) is 48.5 Å². The molecule has 1 saturated carbocycles. The average molecular weight is 337 g/mol. The molecule has 0 aliphatic heterocycles. The summed E-state index contributed by atoms with van der Waals surface area (Å²) in [6.07, 6.45) is 1.34. The Kier molecular flexibility index (Phi) is 4.30. The van der Waals surface area contributed by atoms with Crippen LogP contribution in [-0.2, 0) is 0 Å². The Morgan fingerprint density at radius 2 is 2.00 bits per heavy atom. The summed E-state index contributed by atoms with van der Waals surface area (Å²) in [5.74, 6) is -2.68. The molecule has 3 nitrogen and oxygen atoms in total. The van der Waals surface area contributed by atoms with E-state index in [2.05, 4.69) is 21.0 Å². The molecule has 1 aromatic heterocycles. The molecule has 0 bridgehead atoms. The van der Waals surface area contributed by atoms with Crippen molar-refractivity contribution >= 4 is 15.9 Å². The van der Waals surface area contributed by atoms with Gasteiger partial charge in [0.2, 0.25) is 5.92 Å². The zero-order chi connectivity index (χ0) is 14.2. The largest absolute Gasteiger partial charge is 0.386 e. The molecular formula is C13H19BrF2N2O. The molecule has 1 atom stereocenters. The molecule has 1 heterocycles. The van der Waals surface area contributed by atoms with Crippen molar-refractivity contribution in [2.75, 3.05) is 0 Å². The van der Waals surface area contributed by atoms with Gasteiger partial charge in [-0.15, -0.1) is 0 Å². The molecule has 1 aromatic rings. The topological polar surface area (TPSA) is 38.0 Å². The second-order valence-corrected chi connectivity index (χ2v) is 6.41. The molecule has 19 heavy (non-hydrogen) atoms. The van der Waals surface area contributed by atoms with E-state index in [0.717, 1.165) is 4.47 Å². The molecule has 0 spiro atoms. The van der Waals surface area contributed by atoms with Gasteiger partial charge in [-0.1, -0.05) is 0 Å². The zero-order valence-electron chi connectivity index (χ0n) is 11.1. The smallest absolute Gasteiger partial charge is 0.248 e. The molecule has 0 radical (unpaired) electrons. The second-order valence-electron chi connectivity index (χ2n) is 5.55. The van der Waals surface area contributed by atoms with Crippen LogP contribution in [0.3, 0.4) is 0 Å². The van der Waals surface area contributed by atoms with Gasteiger partial charge in [0, 0.05) is 18.9 Å². The fourth-order valence-electron chi connectivity index (χ4n) is 2.64.